The first kappa shape index (κ1) is 5.59. The van der Waals surface area contributed by atoms with Gasteiger partial charge in [0.05, 0.1) is 11.7 Å². The van der Waals surface area contributed by atoms with Gasteiger partial charge in [0.2, 0.25) is 0 Å². The van der Waals surface area contributed by atoms with E-state index in [0.717, 1.165) is 6.42 Å². The van der Waals surface area contributed by atoms with Crippen LogP contribution < -0.4 is 0 Å². The second-order valence-corrected chi connectivity index (χ2v) is 3.78. The third-order valence-electron chi connectivity index (χ3n) is 1.80. The Bertz CT molecular complexity index is 132. The van der Waals surface area contributed by atoms with Gasteiger partial charge in [0.15, 0.2) is 0 Å². The lowest BCUT2D eigenvalue weighted by molar-refractivity contribution is -0.141. The van der Waals surface area contributed by atoms with Crippen molar-refractivity contribution in [1.82, 2.24) is 0 Å². The summed E-state index contributed by atoms with van der Waals surface area (Å²) >= 11 is 1.87. The first-order valence-corrected chi connectivity index (χ1v) is 4.22. The summed E-state index contributed by atoms with van der Waals surface area (Å²) in [4.78, 5) is 10.6. The van der Waals surface area contributed by atoms with Crippen LogP contribution in [-0.4, -0.2) is 23.1 Å². The van der Waals surface area contributed by atoms with E-state index in [-0.39, 0.29) is 12.1 Å². The molecule has 2 heterocycles. The Morgan fingerprint density at radius 3 is 3.33 bits per heavy atom. The van der Waals surface area contributed by atoms with Crippen molar-refractivity contribution in [3.8, 4) is 0 Å². The van der Waals surface area contributed by atoms with Gasteiger partial charge in [-0.25, -0.2) is 0 Å². The van der Waals surface area contributed by atoms with Gasteiger partial charge in [-0.05, 0) is 12.2 Å². The summed E-state index contributed by atoms with van der Waals surface area (Å²) in [6, 6.07) is 0. The van der Waals surface area contributed by atoms with E-state index >= 15 is 0 Å². The number of thioether (sulfide) groups is 1. The standard InChI is InChI=1S/C6H8O2S/c7-6-3-5-4(8-6)1-2-9-5/h4-5H,1-3H2. The lowest BCUT2D eigenvalue weighted by Gasteiger charge is -2.02. The van der Waals surface area contributed by atoms with Gasteiger partial charge in [-0.3, -0.25) is 4.79 Å². The van der Waals surface area contributed by atoms with Gasteiger partial charge in [0.1, 0.15) is 6.10 Å². The number of carbonyl (C=O) groups excluding carboxylic acids is 1. The van der Waals surface area contributed by atoms with Crippen LogP contribution in [0, 0.1) is 0 Å². The number of ether oxygens (including phenoxy) is 1. The topological polar surface area (TPSA) is 26.3 Å². The first-order valence-electron chi connectivity index (χ1n) is 3.17. The van der Waals surface area contributed by atoms with Crippen molar-refractivity contribution in [1.29, 1.82) is 0 Å². The molecule has 2 saturated heterocycles. The van der Waals surface area contributed by atoms with Gasteiger partial charge in [0.25, 0.3) is 0 Å². The molecule has 0 radical (unpaired) electrons. The maximum Gasteiger partial charge on any atom is 0.307 e. The Hall–Kier alpha value is -0.180. The van der Waals surface area contributed by atoms with Crippen molar-refractivity contribution in [3.05, 3.63) is 0 Å². The van der Waals surface area contributed by atoms with Crippen molar-refractivity contribution in [2.75, 3.05) is 5.75 Å². The van der Waals surface area contributed by atoms with E-state index in [1.54, 1.807) is 0 Å². The van der Waals surface area contributed by atoms with Crippen molar-refractivity contribution >= 4 is 17.7 Å². The minimum Gasteiger partial charge on any atom is -0.461 e. The Labute approximate surface area is 58.0 Å². The average molecular weight is 144 g/mol. The van der Waals surface area contributed by atoms with Crippen molar-refractivity contribution in [2.45, 2.75) is 24.2 Å². The lowest BCUT2D eigenvalue weighted by atomic mass is 10.2. The van der Waals surface area contributed by atoms with Crippen molar-refractivity contribution in [2.24, 2.45) is 0 Å². The summed E-state index contributed by atoms with van der Waals surface area (Å²) in [5.41, 5.74) is 0. The van der Waals surface area contributed by atoms with E-state index in [2.05, 4.69) is 0 Å². The summed E-state index contributed by atoms with van der Waals surface area (Å²) in [5, 5.41) is 0.498. The molecule has 2 aliphatic rings. The summed E-state index contributed by atoms with van der Waals surface area (Å²) in [6.07, 6.45) is 1.98. The lowest BCUT2D eigenvalue weighted by Crippen LogP contribution is -2.10. The normalized spacial score (nSPS) is 40.7. The quantitative estimate of drug-likeness (QED) is 0.470. The zero-order valence-corrected chi connectivity index (χ0v) is 5.82. The highest BCUT2D eigenvalue weighted by atomic mass is 32.2. The highest BCUT2D eigenvalue weighted by Gasteiger charge is 2.38. The highest BCUT2D eigenvalue weighted by molar-refractivity contribution is 8.00. The molecule has 0 aromatic carbocycles. The van der Waals surface area contributed by atoms with Crippen molar-refractivity contribution < 1.29 is 9.53 Å². The third-order valence-corrected chi connectivity index (χ3v) is 3.17. The summed E-state index contributed by atoms with van der Waals surface area (Å²) < 4.78 is 5.03. The van der Waals surface area contributed by atoms with E-state index in [4.69, 9.17) is 4.74 Å². The molecule has 0 spiro atoms. The molecule has 2 aliphatic heterocycles. The number of carbonyl (C=O) groups is 1. The summed E-state index contributed by atoms with van der Waals surface area (Å²) in [6.45, 7) is 0. The maximum absolute atomic E-state index is 10.6. The third kappa shape index (κ3) is 0.834. The molecule has 3 heteroatoms. The highest BCUT2D eigenvalue weighted by Crippen LogP contribution is 2.36. The second kappa shape index (κ2) is 1.90. The Kier molecular flexibility index (Phi) is 1.18. The van der Waals surface area contributed by atoms with E-state index < -0.39 is 0 Å². The van der Waals surface area contributed by atoms with Gasteiger partial charge in [-0.2, -0.15) is 11.8 Å². The first-order chi connectivity index (χ1) is 4.36. The predicted molar refractivity (Wildman–Crippen MR) is 35.4 cm³/mol. The molecule has 0 aromatic heterocycles. The van der Waals surface area contributed by atoms with E-state index in [9.17, 15) is 4.79 Å². The van der Waals surface area contributed by atoms with Gasteiger partial charge in [-0.15, -0.1) is 0 Å². The summed E-state index contributed by atoms with van der Waals surface area (Å²) in [7, 11) is 0. The van der Waals surface area contributed by atoms with Crippen LogP contribution >= 0.6 is 11.8 Å². The predicted octanol–water partition coefficient (Wildman–Crippen LogP) is 0.807. The maximum atomic E-state index is 10.6. The fourth-order valence-corrected chi connectivity index (χ4v) is 2.67. The molecular formula is C6H8O2S. The number of rotatable bonds is 0. The number of esters is 1. The molecule has 0 amide bonds. The fourth-order valence-electron chi connectivity index (χ4n) is 1.34. The van der Waals surface area contributed by atoms with Crippen LogP contribution in [0.15, 0.2) is 0 Å². The van der Waals surface area contributed by atoms with Crippen LogP contribution in [0.5, 0.6) is 0 Å². The largest absolute Gasteiger partial charge is 0.461 e. The fraction of sp³-hybridized carbons (Fsp3) is 0.833. The Balaban J connectivity index is 2.09. The Morgan fingerprint density at radius 1 is 1.67 bits per heavy atom. The van der Waals surface area contributed by atoms with Crippen LogP contribution in [0.2, 0.25) is 0 Å². The SMILES string of the molecule is O=C1CC2SCCC2O1. The minimum atomic E-state index is -0.00259. The van der Waals surface area contributed by atoms with Crippen molar-refractivity contribution in [3.63, 3.8) is 0 Å². The second-order valence-electron chi connectivity index (χ2n) is 2.43. The van der Waals surface area contributed by atoms with Gasteiger partial charge in [-0.1, -0.05) is 0 Å². The van der Waals surface area contributed by atoms with Gasteiger partial charge < -0.3 is 4.74 Å². The van der Waals surface area contributed by atoms with E-state index in [1.807, 2.05) is 11.8 Å². The molecule has 2 unspecified atom stereocenters. The molecule has 0 saturated carbocycles. The molecule has 2 nitrogen and oxygen atoms in total. The molecule has 50 valence electrons. The Morgan fingerprint density at radius 2 is 2.56 bits per heavy atom. The molecule has 2 atom stereocenters. The molecule has 0 aliphatic carbocycles. The number of fused-ring (bicyclic) bond motifs is 1. The van der Waals surface area contributed by atoms with Crippen LogP contribution in [0.3, 0.4) is 0 Å². The van der Waals surface area contributed by atoms with Crippen LogP contribution in [0.4, 0.5) is 0 Å². The molecule has 0 N–H and O–H groups in total. The average Bonchev–Trinajstić information content (AvgIpc) is 2.22. The van der Waals surface area contributed by atoms with Gasteiger partial charge >= 0.3 is 5.97 Å². The molecule has 0 aromatic rings. The molecular weight excluding hydrogens is 136 g/mol. The zero-order valence-electron chi connectivity index (χ0n) is 5.00. The molecule has 9 heavy (non-hydrogen) atoms. The molecule has 2 rings (SSSR count). The molecule has 0 bridgehead atoms. The van der Waals surface area contributed by atoms with Gasteiger partial charge in [0, 0.05) is 0 Å². The van der Waals surface area contributed by atoms with Crippen LogP contribution in [0.1, 0.15) is 12.8 Å². The minimum absolute atomic E-state index is 0.00259. The summed E-state index contributed by atoms with van der Waals surface area (Å²) in [5.74, 6) is 1.17. The van der Waals surface area contributed by atoms with Crippen LogP contribution in [0.25, 0.3) is 0 Å². The zero-order chi connectivity index (χ0) is 6.27. The number of hydrogen-bond acceptors (Lipinski definition) is 3. The van der Waals surface area contributed by atoms with E-state index in [1.165, 1.54) is 5.75 Å². The number of hydrogen-bond donors (Lipinski definition) is 0. The molecule has 2 fully saturated rings. The van der Waals surface area contributed by atoms with E-state index in [0.29, 0.717) is 11.7 Å². The monoisotopic (exact) mass is 144 g/mol. The smallest absolute Gasteiger partial charge is 0.307 e. The van der Waals surface area contributed by atoms with Crippen LogP contribution in [-0.2, 0) is 9.53 Å².